The number of H-pyrrole nitrogens is 2. The molecule has 1 aliphatic carbocycles. The van der Waals surface area contributed by atoms with Gasteiger partial charge in [-0.25, -0.2) is 9.89 Å². The number of rotatable bonds is 4. The van der Waals surface area contributed by atoms with Crippen LogP contribution in [-0.4, -0.2) is 21.1 Å². The summed E-state index contributed by atoms with van der Waals surface area (Å²) >= 11 is 1.65. The van der Waals surface area contributed by atoms with E-state index in [4.69, 9.17) is 0 Å². The highest BCUT2D eigenvalue weighted by Crippen LogP contribution is 2.37. The fourth-order valence-corrected chi connectivity index (χ4v) is 3.64. The molecule has 1 amide bonds. The Morgan fingerprint density at radius 3 is 2.85 bits per heavy atom. The van der Waals surface area contributed by atoms with Crippen LogP contribution in [-0.2, 0) is 0 Å². The second-order valence-corrected chi connectivity index (χ2v) is 6.02. The largest absolute Gasteiger partial charge is 0.341 e. The number of nitrogens with zero attached hydrogens (tertiary/aromatic N) is 1. The molecule has 2 heterocycles. The minimum Gasteiger partial charge on any atom is -0.341 e. The second kappa shape index (κ2) is 5.62. The van der Waals surface area contributed by atoms with E-state index in [-0.39, 0.29) is 17.8 Å². The van der Waals surface area contributed by atoms with Crippen LogP contribution in [0.25, 0.3) is 0 Å². The lowest BCUT2D eigenvalue weighted by Crippen LogP contribution is -2.33. The smallest absolute Gasteiger partial charge is 0.341 e. The van der Waals surface area contributed by atoms with Gasteiger partial charge in [0.25, 0.3) is 5.91 Å². The molecular formula is C13H16N4O2S. The van der Waals surface area contributed by atoms with Crippen LogP contribution in [0.3, 0.4) is 0 Å². The van der Waals surface area contributed by atoms with E-state index in [1.165, 1.54) is 12.8 Å². The maximum absolute atomic E-state index is 12.2. The fourth-order valence-electron chi connectivity index (χ4n) is 2.77. The summed E-state index contributed by atoms with van der Waals surface area (Å²) in [7, 11) is 0. The zero-order valence-corrected chi connectivity index (χ0v) is 11.7. The molecule has 0 radical (unpaired) electrons. The molecule has 0 aliphatic heterocycles. The third-order valence-electron chi connectivity index (χ3n) is 3.72. The number of thiophene rings is 1. The van der Waals surface area contributed by atoms with Gasteiger partial charge in [-0.3, -0.25) is 9.78 Å². The minimum absolute atomic E-state index is 0.00482. The number of aromatic nitrogens is 3. The van der Waals surface area contributed by atoms with E-state index in [0.29, 0.717) is 5.92 Å². The van der Waals surface area contributed by atoms with Crippen molar-refractivity contribution in [3.63, 3.8) is 0 Å². The number of aromatic amines is 2. The molecule has 1 fully saturated rings. The van der Waals surface area contributed by atoms with Crippen molar-refractivity contribution in [1.82, 2.24) is 20.5 Å². The molecule has 1 saturated carbocycles. The van der Waals surface area contributed by atoms with Crippen LogP contribution >= 0.6 is 11.3 Å². The summed E-state index contributed by atoms with van der Waals surface area (Å²) in [4.78, 5) is 26.7. The minimum atomic E-state index is -0.469. The van der Waals surface area contributed by atoms with Crippen molar-refractivity contribution in [1.29, 1.82) is 0 Å². The van der Waals surface area contributed by atoms with E-state index in [1.807, 2.05) is 17.5 Å². The van der Waals surface area contributed by atoms with Crippen molar-refractivity contribution in [2.45, 2.75) is 31.7 Å². The molecule has 0 spiro atoms. The Kier molecular flexibility index (Phi) is 3.68. The molecule has 3 rings (SSSR count). The maximum atomic E-state index is 12.2. The molecule has 2 aromatic heterocycles. The van der Waals surface area contributed by atoms with E-state index in [9.17, 15) is 9.59 Å². The van der Waals surface area contributed by atoms with Gasteiger partial charge in [0.15, 0.2) is 0 Å². The van der Waals surface area contributed by atoms with E-state index in [2.05, 4.69) is 20.5 Å². The summed E-state index contributed by atoms with van der Waals surface area (Å²) in [6.45, 7) is 0. The van der Waals surface area contributed by atoms with Gasteiger partial charge in [-0.1, -0.05) is 18.9 Å². The predicted octanol–water partition coefficient (Wildman–Crippen LogP) is 1.82. The highest BCUT2D eigenvalue weighted by atomic mass is 32.1. The summed E-state index contributed by atoms with van der Waals surface area (Å²) in [5, 5.41) is 10.9. The molecule has 6 nitrogen and oxygen atoms in total. The Bertz CT molecular complexity index is 625. The molecule has 1 atom stereocenters. The van der Waals surface area contributed by atoms with Gasteiger partial charge in [0.2, 0.25) is 5.82 Å². The topological polar surface area (TPSA) is 90.6 Å². The number of nitrogens with one attached hydrogen (secondary N) is 3. The van der Waals surface area contributed by atoms with Crippen LogP contribution in [0.2, 0.25) is 0 Å². The first-order chi connectivity index (χ1) is 9.74. The molecule has 0 aromatic carbocycles. The third kappa shape index (κ3) is 2.67. The zero-order valence-electron chi connectivity index (χ0n) is 10.9. The van der Waals surface area contributed by atoms with Gasteiger partial charge in [-0.15, -0.1) is 16.4 Å². The van der Waals surface area contributed by atoms with Crippen LogP contribution in [0.4, 0.5) is 0 Å². The summed E-state index contributed by atoms with van der Waals surface area (Å²) in [5.74, 6) is 0.159. The van der Waals surface area contributed by atoms with Crippen molar-refractivity contribution in [3.05, 3.63) is 38.7 Å². The van der Waals surface area contributed by atoms with Crippen LogP contribution in [0.5, 0.6) is 0 Å². The predicted molar refractivity (Wildman–Crippen MR) is 75.7 cm³/mol. The highest BCUT2D eigenvalue weighted by Gasteiger charge is 2.29. The summed E-state index contributed by atoms with van der Waals surface area (Å²) in [6.07, 6.45) is 4.67. The number of hydrogen-bond donors (Lipinski definition) is 3. The van der Waals surface area contributed by atoms with Gasteiger partial charge in [-0.05, 0) is 30.2 Å². The maximum Gasteiger partial charge on any atom is 0.341 e. The van der Waals surface area contributed by atoms with Crippen LogP contribution < -0.4 is 11.0 Å². The molecule has 106 valence electrons. The van der Waals surface area contributed by atoms with Gasteiger partial charge < -0.3 is 5.32 Å². The lowest BCUT2D eigenvalue weighted by atomic mass is 9.96. The van der Waals surface area contributed by atoms with Crippen molar-refractivity contribution >= 4 is 17.2 Å². The van der Waals surface area contributed by atoms with Crippen LogP contribution in [0.1, 0.15) is 47.2 Å². The van der Waals surface area contributed by atoms with Gasteiger partial charge >= 0.3 is 5.69 Å². The monoisotopic (exact) mass is 292 g/mol. The number of amides is 1. The van der Waals surface area contributed by atoms with Gasteiger partial charge in [-0.2, -0.15) is 0 Å². The van der Waals surface area contributed by atoms with E-state index >= 15 is 0 Å². The first-order valence-corrected chi connectivity index (χ1v) is 7.61. The lowest BCUT2D eigenvalue weighted by Gasteiger charge is -2.23. The van der Waals surface area contributed by atoms with Gasteiger partial charge in [0, 0.05) is 4.88 Å². The van der Waals surface area contributed by atoms with Crippen molar-refractivity contribution in [3.8, 4) is 0 Å². The van der Waals surface area contributed by atoms with Gasteiger partial charge in [0.1, 0.15) is 0 Å². The van der Waals surface area contributed by atoms with Gasteiger partial charge in [0.05, 0.1) is 6.04 Å². The third-order valence-corrected chi connectivity index (χ3v) is 4.68. The van der Waals surface area contributed by atoms with Crippen molar-refractivity contribution in [2.24, 2.45) is 5.92 Å². The average molecular weight is 292 g/mol. The SMILES string of the molecule is O=C(NC(c1cccs1)C1CCCC1)c1n[nH]c(=O)[nH]1. The first kappa shape index (κ1) is 13.1. The summed E-state index contributed by atoms with van der Waals surface area (Å²) < 4.78 is 0. The zero-order chi connectivity index (χ0) is 13.9. The van der Waals surface area contributed by atoms with E-state index in [0.717, 1.165) is 17.7 Å². The fraction of sp³-hybridized carbons (Fsp3) is 0.462. The normalized spacial score (nSPS) is 17.2. The second-order valence-electron chi connectivity index (χ2n) is 5.04. The first-order valence-electron chi connectivity index (χ1n) is 6.73. The molecule has 7 heteroatoms. The number of carbonyl (C=O) groups excluding carboxylic acids is 1. The Morgan fingerprint density at radius 1 is 1.45 bits per heavy atom. The van der Waals surface area contributed by atoms with E-state index < -0.39 is 5.69 Å². The van der Waals surface area contributed by atoms with Crippen molar-refractivity contribution in [2.75, 3.05) is 0 Å². The number of carbonyl (C=O) groups is 1. The highest BCUT2D eigenvalue weighted by molar-refractivity contribution is 7.10. The van der Waals surface area contributed by atoms with Crippen LogP contribution in [0, 0.1) is 5.92 Å². The lowest BCUT2D eigenvalue weighted by molar-refractivity contribution is 0.0912. The standard InChI is InChI=1S/C13H16N4O2S/c18-12(11-15-13(19)17-16-11)14-10(8-4-1-2-5-8)9-6-3-7-20-9/h3,6-8,10H,1-2,4-5H2,(H,14,18)(H2,15,16,17,19). The van der Waals surface area contributed by atoms with E-state index in [1.54, 1.807) is 11.3 Å². The Balaban J connectivity index is 1.79. The molecule has 3 N–H and O–H groups in total. The van der Waals surface area contributed by atoms with Crippen LogP contribution in [0.15, 0.2) is 22.3 Å². The molecule has 20 heavy (non-hydrogen) atoms. The molecule has 1 unspecified atom stereocenters. The Morgan fingerprint density at radius 2 is 2.25 bits per heavy atom. The Labute approximate surface area is 119 Å². The number of hydrogen-bond acceptors (Lipinski definition) is 4. The quantitative estimate of drug-likeness (QED) is 0.802. The average Bonchev–Trinajstić information content (AvgIpc) is 3.17. The molecule has 0 bridgehead atoms. The molecule has 1 aliphatic rings. The molecular weight excluding hydrogens is 276 g/mol. The van der Waals surface area contributed by atoms with Crippen molar-refractivity contribution < 1.29 is 4.79 Å². The summed E-state index contributed by atoms with van der Waals surface area (Å²) in [6, 6.07) is 4.04. The summed E-state index contributed by atoms with van der Waals surface area (Å²) in [5.41, 5.74) is -0.469. The molecule has 2 aromatic rings. The Hall–Kier alpha value is -1.89. The molecule has 0 saturated heterocycles.